The normalized spacial score (nSPS) is 12.7. The van der Waals surface area contributed by atoms with Gasteiger partial charge in [0.2, 0.25) is 0 Å². The molecule has 152 valence electrons. The van der Waals surface area contributed by atoms with Crippen molar-refractivity contribution in [3.8, 4) is 0 Å². The summed E-state index contributed by atoms with van der Waals surface area (Å²) in [5.41, 5.74) is 3.05. The molecule has 0 aliphatic carbocycles. The van der Waals surface area contributed by atoms with Gasteiger partial charge in [-0.05, 0) is 48.9 Å². The van der Waals surface area contributed by atoms with Crippen molar-refractivity contribution in [1.29, 1.82) is 0 Å². The summed E-state index contributed by atoms with van der Waals surface area (Å²) in [6, 6.07) is 12.2. The quantitative estimate of drug-likeness (QED) is 0.500. The van der Waals surface area contributed by atoms with E-state index >= 15 is 0 Å². The predicted octanol–water partition coefficient (Wildman–Crippen LogP) is 7.64. The van der Waals surface area contributed by atoms with Gasteiger partial charge in [0, 0.05) is 29.2 Å². The molecule has 0 N–H and O–H groups in total. The third-order valence-corrected chi connectivity index (χ3v) is 5.68. The topological polar surface area (TPSA) is 25.8 Å². The van der Waals surface area contributed by atoms with E-state index in [1.54, 1.807) is 0 Å². The van der Waals surface area contributed by atoms with Crippen LogP contribution in [-0.4, -0.2) is 9.97 Å². The second-order valence-electron chi connectivity index (χ2n) is 7.50. The largest absolute Gasteiger partial charge is 0.261 e. The molecule has 0 aromatic carbocycles. The molecule has 1 unspecified atom stereocenters. The van der Waals surface area contributed by atoms with E-state index in [4.69, 9.17) is 0 Å². The van der Waals surface area contributed by atoms with E-state index in [1.165, 1.54) is 25.0 Å². The molecule has 0 aliphatic heterocycles. The monoisotopic (exact) mass is 370 g/mol. The van der Waals surface area contributed by atoms with Crippen LogP contribution < -0.4 is 0 Å². The van der Waals surface area contributed by atoms with Crippen molar-refractivity contribution in [2.45, 2.75) is 92.9 Å². The van der Waals surface area contributed by atoms with Crippen molar-refractivity contribution in [2.24, 2.45) is 5.41 Å². The maximum absolute atomic E-state index is 4.57. The summed E-state index contributed by atoms with van der Waals surface area (Å²) in [6.07, 6.45) is 9.62. The molecule has 0 spiro atoms. The lowest BCUT2D eigenvalue weighted by Gasteiger charge is -2.38. The van der Waals surface area contributed by atoms with Gasteiger partial charge in [-0.2, -0.15) is 0 Å². The lowest BCUT2D eigenvalue weighted by Crippen LogP contribution is -2.31. The van der Waals surface area contributed by atoms with E-state index in [9.17, 15) is 0 Å². The number of rotatable bonds is 7. The van der Waals surface area contributed by atoms with E-state index in [-0.39, 0.29) is 5.41 Å². The van der Waals surface area contributed by atoms with Crippen LogP contribution >= 0.6 is 0 Å². The summed E-state index contributed by atoms with van der Waals surface area (Å²) < 4.78 is 0. The van der Waals surface area contributed by atoms with Gasteiger partial charge in [0.15, 0.2) is 0 Å². The van der Waals surface area contributed by atoms with E-state index in [1.807, 2.05) is 50.5 Å². The molecule has 1 atom stereocenters. The third-order valence-electron chi connectivity index (χ3n) is 5.68. The summed E-state index contributed by atoms with van der Waals surface area (Å²) in [4.78, 5) is 8.67. The Labute approximate surface area is 168 Å². The Morgan fingerprint density at radius 1 is 0.741 bits per heavy atom. The molecule has 0 radical (unpaired) electrons. The van der Waals surface area contributed by atoms with Crippen molar-refractivity contribution in [3.05, 3.63) is 60.2 Å². The van der Waals surface area contributed by atoms with E-state index in [2.05, 4.69) is 63.6 Å². The number of hydrogen-bond acceptors (Lipinski definition) is 2. The number of aromatic nitrogens is 2. The SMILES string of the molecule is CC.CCC(C)(CC)CC(C)(CC)c1ccccn1.CCc1ccccn1. The van der Waals surface area contributed by atoms with Crippen LogP contribution in [0.1, 0.15) is 92.5 Å². The van der Waals surface area contributed by atoms with Crippen LogP contribution in [0, 0.1) is 5.41 Å². The Morgan fingerprint density at radius 2 is 1.30 bits per heavy atom. The van der Waals surface area contributed by atoms with Crippen molar-refractivity contribution < 1.29 is 0 Å². The van der Waals surface area contributed by atoms with Gasteiger partial charge in [-0.25, -0.2) is 0 Å². The highest BCUT2D eigenvalue weighted by atomic mass is 14.7. The minimum absolute atomic E-state index is 0.210. The van der Waals surface area contributed by atoms with Crippen LogP contribution in [0.2, 0.25) is 0 Å². The van der Waals surface area contributed by atoms with Crippen molar-refractivity contribution in [2.75, 3.05) is 0 Å². The summed E-state index contributed by atoms with van der Waals surface area (Å²) >= 11 is 0. The summed E-state index contributed by atoms with van der Waals surface area (Å²) in [5, 5.41) is 0. The summed E-state index contributed by atoms with van der Waals surface area (Å²) in [7, 11) is 0. The van der Waals surface area contributed by atoms with Crippen LogP contribution in [0.3, 0.4) is 0 Å². The Bertz CT molecular complexity index is 576. The second kappa shape index (κ2) is 13.5. The van der Waals surface area contributed by atoms with Gasteiger partial charge in [-0.1, -0.05) is 80.4 Å². The van der Waals surface area contributed by atoms with Gasteiger partial charge in [0.25, 0.3) is 0 Å². The lowest BCUT2D eigenvalue weighted by atomic mass is 9.67. The summed E-state index contributed by atoms with van der Waals surface area (Å²) in [5.74, 6) is 0. The Hall–Kier alpha value is -1.70. The van der Waals surface area contributed by atoms with Gasteiger partial charge in [-0.3, -0.25) is 9.97 Å². The molecule has 0 saturated carbocycles. The molecule has 2 rings (SSSR count). The number of aryl methyl sites for hydroxylation is 1. The molecular formula is C25H42N2. The molecule has 0 saturated heterocycles. The van der Waals surface area contributed by atoms with Crippen molar-refractivity contribution >= 4 is 0 Å². The molecule has 0 aliphatic rings. The Balaban J connectivity index is 0.000000562. The van der Waals surface area contributed by atoms with Crippen LogP contribution in [0.25, 0.3) is 0 Å². The van der Waals surface area contributed by atoms with Crippen LogP contribution in [0.5, 0.6) is 0 Å². The van der Waals surface area contributed by atoms with Crippen LogP contribution in [-0.2, 0) is 11.8 Å². The van der Waals surface area contributed by atoms with Crippen LogP contribution in [0.4, 0.5) is 0 Å². The molecule has 2 heteroatoms. The molecule has 0 bridgehead atoms. The molecule has 0 amide bonds. The van der Waals surface area contributed by atoms with Crippen molar-refractivity contribution in [3.63, 3.8) is 0 Å². The first-order valence-corrected chi connectivity index (χ1v) is 10.7. The van der Waals surface area contributed by atoms with Gasteiger partial charge in [-0.15, -0.1) is 0 Å². The third kappa shape index (κ3) is 8.69. The highest BCUT2D eigenvalue weighted by Crippen LogP contribution is 2.42. The molecule has 27 heavy (non-hydrogen) atoms. The van der Waals surface area contributed by atoms with Gasteiger partial charge < -0.3 is 0 Å². The average Bonchev–Trinajstić information content (AvgIpc) is 2.76. The fraction of sp³-hybridized carbons (Fsp3) is 0.600. The van der Waals surface area contributed by atoms with Crippen LogP contribution in [0.15, 0.2) is 48.8 Å². The molecule has 2 heterocycles. The number of hydrogen-bond donors (Lipinski definition) is 0. The maximum atomic E-state index is 4.57. The van der Waals surface area contributed by atoms with E-state index < -0.39 is 0 Å². The Kier molecular flexibility index (Phi) is 12.6. The maximum Gasteiger partial charge on any atom is 0.0462 e. The van der Waals surface area contributed by atoms with E-state index in [0.717, 1.165) is 18.5 Å². The fourth-order valence-corrected chi connectivity index (χ4v) is 3.17. The molecule has 0 fully saturated rings. The molecular weight excluding hydrogens is 328 g/mol. The minimum atomic E-state index is 0.210. The Morgan fingerprint density at radius 3 is 1.63 bits per heavy atom. The van der Waals surface area contributed by atoms with Gasteiger partial charge in [0.05, 0.1) is 0 Å². The smallest absolute Gasteiger partial charge is 0.0462 e. The molecule has 2 nitrogen and oxygen atoms in total. The van der Waals surface area contributed by atoms with E-state index in [0.29, 0.717) is 5.41 Å². The highest BCUT2D eigenvalue weighted by molar-refractivity contribution is 5.16. The number of pyridine rings is 2. The highest BCUT2D eigenvalue weighted by Gasteiger charge is 2.34. The predicted molar refractivity (Wildman–Crippen MR) is 120 cm³/mol. The van der Waals surface area contributed by atoms with Crippen molar-refractivity contribution in [1.82, 2.24) is 9.97 Å². The molecule has 2 aromatic rings. The first-order valence-electron chi connectivity index (χ1n) is 10.7. The number of nitrogens with zero attached hydrogens (tertiary/aromatic N) is 2. The summed E-state index contributed by atoms with van der Waals surface area (Å²) in [6.45, 7) is 17.8. The standard InChI is InChI=1S/C16H27N.C7H9N.C2H6/c1-6-15(4,7-2)13-16(5,8-3)14-11-9-10-12-17-14;1-2-7-5-3-4-6-8-7;1-2/h9-12H,6-8,13H2,1-5H3;3-6H,2H2,1H3;1-2H3. The van der Waals surface area contributed by atoms with Gasteiger partial charge in [0.1, 0.15) is 0 Å². The zero-order valence-corrected chi connectivity index (χ0v) is 19.0. The zero-order chi connectivity index (χ0) is 20.8. The first kappa shape index (κ1) is 25.3. The first-order chi connectivity index (χ1) is 12.9. The average molecular weight is 371 g/mol. The lowest BCUT2D eigenvalue weighted by molar-refractivity contribution is 0.196. The van der Waals surface area contributed by atoms with Gasteiger partial charge >= 0.3 is 0 Å². The minimum Gasteiger partial charge on any atom is -0.261 e. The second-order valence-corrected chi connectivity index (χ2v) is 7.50. The zero-order valence-electron chi connectivity index (χ0n) is 19.0. The fourth-order valence-electron chi connectivity index (χ4n) is 3.17. The molecule has 2 aromatic heterocycles.